The van der Waals surface area contributed by atoms with E-state index in [0.717, 1.165) is 29.5 Å². The van der Waals surface area contributed by atoms with Gasteiger partial charge in [-0.15, -0.1) is 11.3 Å². The first-order valence-electron chi connectivity index (χ1n) is 5.55. The number of hydrogen-bond acceptors (Lipinski definition) is 3. The summed E-state index contributed by atoms with van der Waals surface area (Å²) in [6.07, 6.45) is 0. The second-order valence-electron chi connectivity index (χ2n) is 3.74. The highest BCUT2D eigenvalue weighted by molar-refractivity contribution is 7.14. The Balaban J connectivity index is 2.13. The molecule has 1 aromatic heterocycles. The van der Waals surface area contributed by atoms with Crippen LogP contribution < -0.4 is 5.32 Å². The van der Waals surface area contributed by atoms with Gasteiger partial charge in [0.1, 0.15) is 18.2 Å². The predicted molar refractivity (Wildman–Crippen MR) is 72.6 cm³/mol. The van der Waals surface area contributed by atoms with Gasteiger partial charge in [0.2, 0.25) is 0 Å². The molecule has 0 bridgehead atoms. The highest BCUT2D eigenvalue weighted by Crippen LogP contribution is 2.18. The van der Waals surface area contributed by atoms with Crippen LogP contribution in [0, 0.1) is 23.5 Å². The minimum absolute atomic E-state index is 0.0453. The van der Waals surface area contributed by atoms with Crippen LogP contribution in [0.5, 0.6) is 0 Å². The minimum Gasteiger partial charge on any atom is -0.384 e. The molecule has 0 aliphatic rings. The van der Waals surface area contributed by atoms with E-state index in [2.05, 4.69) is 17.2 Å². The summed E-state index contributed by atoms with van der Waals surface area (Å²) in [7, 11) is 0. The molecule has 2 aromatic rings. The van der Waals surface area contributed by atoms with Crippen molar-refractivity contribution in [1.29, 1.82) is 0 Å². The molecule has 0 saturated heterocycles. The number of rotatable bonds is 2. The Labute approximate surface area is 117 Å². The van der Waals surface area contributed by atoms with Gasteiger partial charge in [-0.05, 0) is 24.3 Å². The zero-order valence-electron chi connectivity index (χ0n) is 10.1. The maximum atomic E-state index is 13.0. The molecule has 1 heterocycles. The second kappa shape index (κ2) is 6.28. The van der Waals surface area contributed by atoms with Gasteiger partial charge in [-0.2, -0.15) is 0 Å². The summed E-state index contributed by atoms with van der Waals surface area (Å²) in [4.78, 5) is 12.9. The summed E-state index contributed by atoms with van der Waals surface area (Å²) < 4.78 is 26.0. The zero-order chi connectivity index (χ0) is 14.5. The van der Waals surface area contributed by atoms with Gasteiger partial charge in [0, 0.05) is 11.8 Å². The van der Waals surface area contributed by atoms with Gasteiger partial charge >= 0.3 is 0 Å². The lowest BCUT2D eigenvalue weighted by Gasteiger charge is -2.03. The number of amides is 1. The summed E-state index contributed by atoms with van der Waals surface area (Å²) in [5.74, 6) is 3.14. The van der Waals surface area contributed by atoms with Gasteiger partial charge in [-0.1, -0.05) is 11.8 Å². The van der Waals surface area contributed by atoms with Crippen LogP contribution in [0.3, 0.4) is 0 Å². The number of carbonyl (C=O) groups excluding carboxylic acids is 1. The van der Waals surface area contributed by atoms with Crippen molar-refractivity contribution < 1.29 is 18.7 Å². The number of hydrogen-bond donors (Lipinski definition) is 2. The first-order chi connectivity index (χ1) is 9.58. The molecule has 0 fully saturated rings. The molecule has 2 rings (SSSR count). The summed E-state index contributed by atoms with van der Waals surface area (Å²) in [6, 6.07) is 5.97. The van der Waals surface area contributed by atoms with Crippen molar-refractivity contribution in [3.8, 4) is 11.8 Å². The molecular weight excluding hydrogens is 284 g/mol. The van der Waals surface area contributed by atoms with E-state index in [4.69, 9.17) is 5.11 Å². The fraction of sp³-hybridized carbons (Fsp3) is 0.0714. The average Bonchev–Trinajstić information content (AvgIpc) is 2.83. The number of aliphatic hydroxyl groups excluding tert-OH is 1. The third-order valence-electron chi connectivity index (χ3n) is 2.24. The van der Waals surface area contributed by atoms with E-state index in [-0.39, 0.29) is 12.3 Å². The standard InChI is InChI=1S/C14H9F2NO2S/c15-9-6-10(16)8-11(7-9)17-14(19)13-4-3-12(20-13)2-1-5-18/h3-4,6-8,18H,5H2,(H,17,19). The third-order valence-corrected chi connectivity index (χ3v) is 3.24. The van der Waals surface area contributed by atoms with E-state index in [1.165, 1.54) is 0 Å². The molecule has 0 radical (unpaired) electrons. The van der Waals surface area contributed by atoms with Crippen LogP contribution in [0.2, 0.25) is 0 Å². The number of halogens is 2. The monoisotopic (exact) mass is 293 g/mol. The van der Waals surface area contributed by atoms with Crippen molar-refractivity contribution in [3.63, 3.8) is 0 Å². The Morgan fingerprint density at radius 2 is 1.95 bits per heavy atom. The van der Waals surface area contributed by atoms with Crippen molar-refractivity contribution in [2.75, 3.05) is 11.9 Å². The Bertz CT molecular complexity index is 680. The fourth-order valence-corrected chi connectivity index (χ4v) is 2.25. The molecule has 0 aliphatic heterocycles. The molecule has 0 saturated carbocycles. The van der Waals surface area contributed by atoms with Crippen LogP contribution in [0.4, 0.5) is 14.5 Å². The number of carbonyl (C=O) groups is 1. The van der Waals surface area contributed by atoms with Crippen molar-refractivity contribution in [1.82, 2.24) is 0 Å². The largest absolute Gasteiger partial charge is 0.384 e. The molecular formula is C14H9F2NO2S. The molecule has 102 valence electrons. The quantitative estimate of drug-likeness (QED) is 0.836. The molecule has 2 N–H and O–H groups in total. The maximum Gasteiger partial charge on any atom is 0.265 e. The van der Waals surface area contributed by atoms with Gasteiger partial charge in [0.25, 0.3) is 5.91 Å². The molecule has 1 amide bonds. The lowest BCUT2D eigenvalue weighted by molar-refractivity contribution is 0.103. The normalized spacial score (nSPS) is 9.75. The van der Waals surface area contributed by atoms with Crippen LogP contribution in [0.25, 0.3) is 0 Å². The van der Waals surface area contributed by atoms with Crippen LogP contribution >= 0.6 is 11.3 Å². The van der Waals surface area contributed by atoms with Crippen molar-refractivity contribution in [2.24, 2.45) is 0 Å². The van der Waals surface area contributed by atoms with Gasteiger partial charge < -0.3 is 10.4 Å². The smallest absolute Gasteiger partial charge is 0.265 e. The minimum atomic E-state index is -0.763. The third kappa shape index (κ3) is 3.63. The van der Waals surface area contributed by atoms with Gasteiger partial charge in [-0.25, -0.2) is 8.78 Å². The number of aliphatic hydroxyl groups is 1. The lowest BCUT2D eigenvalue weighted by atomic mass is 10.3. The topological polar surface area (TPSA) is 49.3 Å². The summed E-state index contributed by atoms with van der Waals surface area (Å²) in [6.45, 7) is -0.262. The van der Waals surface area contributed by atoms with E-state index in [1.54, 1.807) is 12.1 Å². The highest BCUT2D eigenvalue weighted by Gasteiger charge is 2.10. The molecule has 3 nitrogen and oxygen atoms in total. The zero-order valence-corrected chi connectivity index (χ0v) is 10.9. The van der Waals surface area contributed by atoms with E-state index < -0.39 is 17.5 Å². The summed E-state index contributed by atoms with van der Waals surface area (Å²) >= 11 is 1.12. The van der Waals surface area contributed by atoms with E-state index in [1.807, 2.05) is 0 Å². The van der Waals surface area contributed by atoms with Crippen LogP contribution in [-0.2, 0) is 0 Å². The second-order valence-corrected chi connectivity index (χ2v) is 4.82. The first kappa shape index (κ1) is 14.2. The van der Waals surface area contributed by atoms with Gasteiger partial charge in [-0.3, -0.25) is 4.79 Å². The van der Waals surface area contributed by atoms with Crippen LogP contribution in [0.15, 0.2) is 30.3 Å². The Hall–Kier alpha value is -2.23. The molecule has 1 aromatic carbocycles. The predicted octanol–water partition coefficient (Wildman–Crippen LogP) is 2.62. The Morgan fingerprint density at radius 1 is 1.25 bits per heavy atom. The van der Waals surface area contributed by atoms with E-state index in [0.29, 0.717) is 9.75 Å². The average molecular weight is 293 g/mol. The van der Waals surface area contributed by atoms with Crippen molar-refractivity contribution >= 4 is 22.9 Å². The van der Waals surface area contributed by atoms with E-state index in [9.17, 15) is 13.6 Å². The number of benzene rings is 1. The lowest BCUT2D eigenvalue weighted by Crippen LogP contribution is -2.10. The fourth-order valence-electron chi connectivity index (χ4n) is 1.47. The highest BCUT2D eigenvalue weighted by atomic mass is 32.1. The number of thiophene rings is 1. The first-order valence-corrected chi connectivity index (χ1v) is 6.37. The summed E-state index contributed by atoms with van der Waals surface area (Å²) in [5, 5.41) is 11.0. The van der Waals surface area contributed by atoms with Gasteiger partial charge in [0.05, 0.1) is 9.75 Å². The molecule has 6 heteroatoms. The Kier molecular flexibility index (Phi) is 4.45. The molecule has 20 heavy (non-hydrogen) atoms. The number of anilines is 1. The van der Waals surface area contributed by atoms with Crippen molar-refractivity contribution in [3.05, 3.63) is 51.7 Å². The molecule has 0 unspecified atom stereocenters. The molecule has 0 spiro atoms. The van der Waals surface area contributed by atoms with Crippen molar-refractivity contribution in [2.45, 2.75) is 0 Å². The Morgan fingerprint density at radius 3 is 2.60 bits per heavy atom. The van der Waals surface area contributed by atoms with Gasteiger partial charge in [0.15, 0.2) is 0 Å². The van der Waals surface area contributed by atoms with Crippen LogP contribution in [-0.4, -0.2) is 17.6 Å². The van der Waals surface area contributed by atoms with E-state index >= 15 is 0 Å². The van der Waals surface area contributed by atoms with Crippen LogP contribution in [0.1, 0.15) is 14.5 Å². The maximum absolute atomic E-state index is 13.0. The summed E-state index contributed by atoms with van der Waals surface area (Å²) in [5.41, 5.74) is 0.0453. The molecule has 0 atom stereocenters. The molecule has 0 aliphatic carbocycles. The number of nitrogens with one attached hydrogen (secondary N) is 1. The SMILES string of the molecule is O=C(Nc1cc(F)cc(F)c1)c1ccc(C#CCO)s1.